The van der Waals surface area contributed by atoms with Gasteiger partial charge in [0.1, 0.15) is 17.6 Å². The van der Waals surface area contributed by atoms with Crippen molar-refractivity contribution in [2.45, 2.75) is 57.2 Å². The molecule has 0 saturated heterocycles. The lowest BCUT2D eigenvalue weighted by molar-refractivity contribution is -0.141. The monoisotopic (exact) mass is 454 g/mol. The lowest BCUT2D eigenvalue weighted by Crippen LogP contribution is -2.47. The minimum atomic E-state index is -0.881. The van der Waals surface area contributed by atoms with E-state index in [1.165, 1.54) is 29.9 Å². The van der Waals surface area contributed by atoms with Crippen molar-refractivity contribution in [3.63, 3.8) is 0 Å². The number of furan rings is 1. The largest absolute Gasteiger partial charge is 0.467 e. The van der Waals surface area contributed by atoms with Crippen molar-refractivity contribution in [2.24, 2.45) is 0 Å². The Morgan fingerprint density at radius 3 is 2.56 bits per heavy atom. The van der Waals surface area contributed by atoms with Gasteiger partial charge in [-0.25, -0.2) is 4.39 Å². The summed E-state index contributed by atoms with van der Waals surface area (Å²) in [5.41, 5.74) is 1.47. The third kappa shape index (κ3) is 5.65. The van der Waals surface area contributed by atoms with E-state index in [9.17, 15) is 14.0 Å². The summed E-state index contributed by atoms with van der Waals surface area (Å²) in [5.74, 6) is -0.231. The van der Waals surface area contributed by atoms with Gasteiger partial charge in [-0.1, -0.05) is 31.4 Å². The molecule has 5 nitrogen and oxygen atoms in total. The van der Waals surface area contributed by atoms with Crippen LogP contribution < -0.4 is 5.32 Å². The van der Waals surface area contributed by atoms with Crippen molar-refractivity contribution in [1.29, 1.82) is 0 Å². The van der Waals surface area contributed by atoms with Crippen LogP contribution in [0.25, 0.3) is 0 Å². The molecular weight excluding hydrogens is 427 g/mol. The molecule has 0 aliphatic heterocycles. The average Bonchev–Trinajstić information content (AvgIpc) is 3.49. The smallest absolute Gasteiger partial charge is 0.247 e. The fraction of sp³-hybridized carbons (Fsp3) is 0.360. The van der Waals surface area contributed by atoms with Crippen LogP contribution in [0.3, 0.4) is 0 Å². The van der Waals surface area contributed by atoms with E-state index in [1.807, 2.05) is 16.8 Å². The van der Waals surface area contributed by atoms with Gasteiger partial charge >= 0.3 is 0 Å². The van der Waals surface area contributed by atoms with Gasteiger partial charge in [0.05, 0.1) is 19.2 Å². The molecule has 1 aliphatic carbocycles. The average molecular weight is 455 g/mol. The first kappa shape index (κ1) is 22.3. The quantitative estimate of drug-likeness (QED) is 0.506. The zero-order valence-electron chi connectivity index (χ0n) is 17.8. The third-order valence-corrected chi connectivity index (χ3v) is 6.59. The SMILES string of the molecule is O=C(NC1CCCCC1)[C@H](c1ccc(F)cc1)N(Cc1ccco1)C(=O)Cc1ccsc1. The van der Waals surface area contributed by atoms with Crippen LogP contribution in [0.4, 0.5) is 4.39 Å². The minimum absolute atomic E-state index is 0.0941. The van der Waals surface area contributed by atoms with Crippen LogP contribution in [0.2, 0.25) is 0 Å². The minimum Gasteiger partial charge on any atom is -0.467 e. The molecule has 1 N–H and O–H groups in total. The van der Waals surface area contributed by atoms with E-state index < -0.39 is 6.04 Å². The number of nitrogens with one attached hydrogen (secondary N) is 1. The van der Waals surface area contributed by atoms with E-state index in [-0.39, 0.29) is 36.6 Å². The van der Waals surface area contributed by atoms with E-state index in [0.717, 1.165) is 31.2 Å². The van der Waals surface area contributed by atoms with Gasteiger partial charge in [-0.05, 0) is 65.1 Å². The number of benzene rings is 1. The molecule has 4 rings (SSSR count). The number of rotatable bonds is 8. The summed E-state index contributed by atoms with van der Waals surface area (Å²) in [6.07, 6.45) is 6.94. The number of hydrogen-bond donors (Lipinski definition) is 1. The Morgan fingerprint density at radius 1 is 1.12 bits per heavy atom. The van der Waals surface area contributed by atoms with Crippen LogP contribution in [0.1, 0.15) is 55.0 Å². The fourth-order valence-electron chi connectivity index (χ4n) is 4.21. The Morgan fingerprint density at radius 2 is 1.91 bits per heavy atom. The number of amides is 2. The highest BCUT2D eigenvalue weighted by atomic mass is 32.1. The maximum absolute atomic E-state index is 13.6. The fourth-order valence-corrected chi connectivity index (χ4v) is 4.88. The molecule has 0 spiro atoms. The van der Waals surface area contributed by atoms with Crippen molar-refractivity contribution in [3.05, 3.63) is 82.2 Å². The zero-order valence-corrected chi connectivity index (χ0v) is 18.7. The van der Waals surface area contributed by atoms with Crippen molar-refractivity contribution in [3.8, 4) is 0 Å². The standard InChI is InChI=1S/C25H27FN2O3S/c26-20-10-8-19(9-11-20)24(25(30)27-21-5-2-1-3-6-21)28(16-22-7-4-13-31-22)23(29)15-18-12-14-32-17-18/h4,7-14,17,21,24H,1-3,5-6,15-16H2,(H,27,30)/t24-/m0/s1. The highest BCUT2D eigenvalue weighted by Crippen LogP contribution is 2.27. The predicted molar refractivity (Wildman–Crippen MR) is 121 cm³/mol. The van der Waals surface area contributed by atoms with Crippen LogP contribution in [0.5, 0.6) is 0 Å². The first-order chi connectivity index (χ1) is 15.6. The second-order valence-corrected chi connectivity index (χ2v) is 8.99. The van der Waals surface area contributed by atoms with E-state index in [2.05, 4.69) is 5.32 Å². The van der Waals surface area contributed by atoms with Crippen molar-refractivity contribution >= 4 is 23.2 Å². The van der Waals surface area contributed by atoms with Gasteiger partial charge in [-0.2, -0.15) is 11.3 Å². The van der Waals surface area contributed by atoms with E-state index >= 15 is 0 Å². The van der Waals surface area contributed by atoms with Gasteiger partial charge in [-0.15, -0.1) is 0 Å². The van der Waals surface area contributed by atoms with Gasteiger partial charge in [-0.3, -0.25) is 9.59 Å². The summed E-state index contributed by atoms with van der Waals surface area (Å²) >= 11 is 1.52. The summed E-state index contributed by atoms with van der Waals surface area (Å²) in [6.45, 7) is 0.149. The molecule has 168 valence electrons. The van der Waals surface area contributed by atoms with Crippen LogP contribution in [0.15, 0.2) is 63.9 Å². The molecule has 1 saturated carbocycles. The normalized spacial score (nSPS) is 15.3. The third-order valence-electron chi connectivity index (χ3n) is 5.86. The highest BCUT2D eigenvalue weighted by molar-refractivity contribution is 7.08. The molecule has 3 aromatic rings. The Labute approximate surface area is 191 Å². The molecule has 1 fully saturated rings. The molecule has 0 bridgehead atoms. The van der Waals surface area contributed by atoms with Gasteiger partial charge in [0.15, 0.2) is 0 Å². The number of thiophene rings is 1. The van der Waals surface area contributed by atoms with E-state index in [4.69, 9.17) is 4.42 Å². The van der Waals surface area contributed by atoms with E-state index in [1.54, 1.807) is 35.4 Å². The molecule has 2 heterocycles. The molecule has 2 amide bonds. The Hall–Kier alpha value is -2.93. The van der Waals surface area contributed by atoms with Gasteiger partial charge in [0.25, 0.3) is 0 Å². The zero-order chi connectivity index (χ0) is 22.3. The Kier molecular flexibility index (Phi) is 7.37. The molecule has 0 unspecified atom stereocenters. The Bertz CT molecular complexity index is 997. The first-order valence-electron chi connectivity index (χ1n) is 11.0. The van der Waals surface area contributed by atoms with Gasteiger partial charge in [0, 0.05) is 6.04 Å². The molecule has 2 aromatic heterocycles. The number of hydrogen-bond acceptors (Lipinski definition) is 4. The summed E-state index contributed by atoms with van der Waals surface area (Å²) in [5, 5.41) is 7.00. The summed E-state index contributed by atoms with van der Waals surface area (Å²) in [6, 6.07) is 10.5. The Balaban J connectivity index is 1.66. The molecular formula is C25H27FN2O3S. The van der Waals surface area contributed by atoms with Crippen molar-refractivity contribution < 1.29 is 18.4 Å². The van der Waals surface area contributed by atoms with Gasteiger partial charge < -0.3 is 14.6 Å². The maximum Gasteiger partial charge on any atom is 0.247 e. The molecule has 1 aromatic carbocycles. The molecule has 0 radical (unpaired) electrons. The van der Waals surface area contributed by atoms with E-state index in [0.29, 0.717) is 11.3 Å². The highest BCUT2D eigenvalue weighted by Gasteiger charge is 2.33. The summed E-state index contributed by atoms with van der Waals surface area (Å²) in [4.78, 5) is 28.5. The van der Waals surface area contributed by atoms with Crippen molar-refractivity contribution in [1.82, 2.24) is 10.2 Å². The molecule has 32 heavy (non-hydrogen) atoms. The van der Waals surface area contributed by atoms with Crippen LogP contribution >= 0.6 is 11.3 Å². The molecule has 1 aliphatic rings. The topological polar surface area (TPSA) is 62.6 Å². The number of halogens is 1. The number of carbonyl (C=O) groups is 2. The molecule has 1 atom stereocenters. The van der Waals surface area contributed by atoms with Gasteiger partial charge in [0.2, 0.25) is 11.8 Å². The summed E-state index contributed by atoms with van der Waals surface area (Å²) in [7, 11) is 0. The molecule has 7 heteroatoms. The lowest BCUT2D eigenvalue weighted by atomic mass is 9.94. The van der Waals surface area contributed by atoms with Crippen molar-refractivity contribution in [2.75, 3.05) is 0 Å². The number of nitrogens with zero attached hydrogens (tertiary/aromatic N) is 1. The van der Waals surface area contributed by atoms with Crippen LogP contribution in [0, 0.1) is 5.82 Å². The van der Waals surface area contributed by atoms with Crippen LogP contribution in [-0.4, -0.2) is 22.8 Å². The van der Waals surface area contributed by atoms with Crippen LogP contribution in [-0.2, 0) is 22.6 Å². The number of carbonyl (C=O) groups excluding carboxylic acids is 2. The summed E-state index contributed by atoms with van der Waals surface area (Å²) < 4.78 is 19.1. The second kappa shape index (κ2) is 10.6. The predicted octanol–water partition coefficient (Wildman–Crippen LogP) is 5.24. The first-order valence-corrected chi connectivity index (χ1v) is 11.9. The lowest BCUT2D eigenvalue weighted by Gasteiger charge is -2.33. The maximum atomic E-state index is 13.6. The second-order valence-electron chi connectivity index (χ2n) is 8.21.